The number of halogens is 2. The third-order valence-corrected chi connectivity index (χ3v) is 5.02. The number of amides is 1. The fourth-order valence-electron chi connectivity index (χ4n) is 2.11. The number of carbonyl (C=O) groups excluding carboxylic acids is 1. The Labute approximate surface area is 172 Å². The predicted octanol–water partition coefficient (Wildman–Crippen LogP) is 4.79. The van der Waals surface area contributed by atoms with E-state index in [1.807, 2.05) is 0 Å². The summed E-state index contributed by atoms with van der Waals surface area (Å²) >= 11 is 13.0. The van der Waals surface area contributed by atoms with E-state index in [2.05, 4.69) is 15.5 Å². The molecule has 0 bridgehead atoms. The SMILES string of the molecule is O=C(Nc1ccc(Cl)cc1)c1nnc(/C(Cl)=C/c2ccc(O)c([N+](=O)[O-])c2)s1. The van der Waals surface area contributed by atoms with Gasteiger partial charge in [0.05, 0.1) is 9.96 Å². The Kier molecular flexibility index (Phi) is 5.88. The topological polar surface area (TPSA) is 118 Å². The van der Waals surface area contributed by atoms with Gasteiger partial charge < -0.3 is 10.4 Å². The summed E-state index contributed by atoms with van der Waals surface area (Å²) in [5.74, 6) is -0.911. The molecule has 28 heavy (non-hydrogen) atoms. The van der Waals surface area contributed by atoms with Crippen LogP contribution in [0.3, 0.4) is 0 Å². The third kappa shape index (κ3) is 4.63. The van der Waals surface area contributed by atoms with Crippen LogP contribution in [-0.2, 0) is 0 Å². The van der Waals surface area contributed by atoms with Gasteiger partial charge in [-0.15, -0.1) is 10.2 Å². The van der Waals surface area contributed by atoms with E-state index in [-0.39, 0.29) is 15.0 Å². The van der Waals surface area contributed by atoms with Crippen LogP contribution in [0.15, 0.2) is 42.5 Å². The highest BCUT2D eigenvalue weighted by atomic mass is 35.5. The summed E-state index contributed by atoms with van der Waals surface area (Å²) in [4.78, 5) is 22.4. The fourth-order valence-corrected chi connectivity index (χ4v) is 3.17. The quantitative estimate of drug-likeness (QED) is 0.438. The van der Waals surface area contributed by atoms with Gasteiger partial charge in [0.25, 0.3) is 5.91 Å². The highest BCUT2D eigenvalue weighted by molar-refractivity contribution is 7.15. The molecule has 1 aromatic heterocycles. The van der Waals surface area contributed by atoms with Crippen LogP contribution in [0.5, 0.6) is 5.75 Å². The van der Waals surface area contributed by atoms with Crippen molar-refractivity contribution >= 4 is 62.9 Å². The maximum absolute atomic E-state index is 12.2. The largest absolute Gasteiger partial charge is 0.502 e. The van der Waals surface area contributed by atoms with Crippen molar-refractivity contribution in [3.05, 3.63) is 73.2 Å². The highest BCUT2D eigenvalue weighted by Crippen LogP contribution is 2.30. The van der Waals surface area contributed by atoms with E-state index in [0.717, 1.165) is 11.3 Å². The van der Waals surface area contributed by atoms with Gasteiger partial charge in [-0.2, -0.15) is 0 Å². The Hall–Kier alpha value is -3.01. The number of rotatable bonds is 5. The number of phenolic OH excluding ortho intramolecular Hbond substituents is 1. The zero-order chi connectivity index (χ0) is 20.3. The van der Waals surface area contributed by atoms with Crippen LogP contribution in [0.1, 0.15) is 20.4 Å². The molecule has 3 rings (SSSR count). The average molecular weight is 437 g/mol. The Morgan fingerprint density at radius 2 is 1.86 bits per heavy atom. The Morgan fingerprint density at radius 3 is 2.54 bits per heavy atom. The maximum atomic E-state index is 12.2. The second kappa shape index (κ2) is 8.34. The molecular weight excluding hydrogens is 427 g/mol. The first-order valence-electron chi connectivity index (χ1n) is 7.59. The minimum Gasteiger partial charge on any atom is -0.502 e. The molecule has 0 unspecified atom stereocenters. The molecule has 1 amide bonds. The van der Waals surface area contributed by atoms with E-state index in [1.165, 1.54) is 24.3 Å². The fraction of sp³-hybridized carbons (Fsp3) is 0. The maximum Gasteiger partial charge on any atom is 0.311 e. The van der Waals surface area contributed by atoms with Gasteiger partial charge >= 0.3 is 5.69 Å². The Balaban J connectivity index is 1.78. The zero-order valence-electron chi connectivity index (χ0n) is 13.8. The van der Waals surface area contributed by atoms with Crippen molar-refractivity contribution in [2.24, 2.45) is 0 Å². The number of hydrogen-bond acceptors (Lipinski definition) is 7. The minimum absolute atomic E-state index is 0.0909. The lowest BCUT2D eigenvalue weighted by Crippen LogP contribution is -2.11. The van der Waals surface area contributed by atoms with Crippen molar-refractivity contribution in [1.29, 1.82) is 0 Å². The molecule has 0 aliphatic rings. The molecule has 8 nitrogen and oxygen atoms in total. The average Bonchev–Trinajstić information content (AvgIpc) is 3.15. The number of nitrogens with one attached hydrogen (secondary N) is 1. The van der Waals surface area contributed by atoms with Gasteiger partial charge in [0.1, 0.15) is 0 Å². The van der Waals surface area contributed by atoms with Crippen molar-refractivity contribution in [2.75, 3.05) is 5.32 Å². The van der Waals surface area contributed by atoms with Gasteiger partial charge in [-0.1, -0.05) is 40.6 Å². The molecule has 11 heteroatoms. The second-order valence-electron chi connectivity index (χ2n) is 5.37. The number of carbonyl (C=O) groups is 1. The smallest absolute Gasteiger partial charge is 0.311 e. The van der Waals surface area contributed by atoms with E-state index < -0.39 is 22.3 Å². The monoisotopic (exact) mass is 436 g/mol. The van der Waals surface area contributed by atoms with Crippen LogP contribution in [0.25, 0.3) is 11.1 Å². The first kappa shape index (κ1) is 19.7. The molecule has 0 radical (unpaired) electrons. The molecule has 0 aliphatic heterocycles. The summed E-state index contributed by atoms with van der Waals surface area (Å²) in [5.41, 5.74) is 0.486. The number of aromatic hydroxyl groups is 1. The molecular formula is C17H10Cl2N4O4S. The van der Waals surface area contributed by atoms with E-state index >= 15 is 0 Å². The Bertz CT molecular complexity index is 1080. The van der Waals surface area contributed by atoms with E-state index in [9.17, 15) is 20.0 Å². The van der Waals surface area contributed by atoms with Gasteiger partial charge in [0, 0.05) is 16.8 Å². The van der Waals surface area contributed by atoms with Crippen molar-refractivity contribution < 1.29 is 14.8 Å². The van der Waals surface area contributed by atoms with E-state index in [1.54, 1.807) is 24.3 Å². The summed E-state index contributed by atoms with van der Waals surface area (Å²) < 4.78 is 0. The van der Waals surface area contributed by atoms with Crippen LogP contribution in [0.4, 0.5) is 11.4 Å². The molecule has 142 valence electrons. The molecule has 0 atom stereocenters. The normalized spacial score (nSPS) is 11.3. The van der Waals surface area contributed by atoms with Gasteiger partial charge in [-0.25, -0.2) is 0 Å². The molecule has 2 aromatic carbocycles. The molecule has 0 saturated carbocycles. The van der Waals surface area contributed by atoms with Gasteiger partial charge in [-0.3, -0.25) is 14.9 Å². The standard InChI is InChI=1S/C17H10Cl2N4O4S/c18-10-2-4-11(5-3-10)20-15(25)17-22-21-16(28-17)12(19)7-9-1-6-14(24)13(8-9)23(26)27/h1-8,24H,(H,20,25)/b12-7-. The van der Waals surface area contributed by atoms with Crippen molar-refractivity contribution in [2.45, 2.75) is 0 Å². The van der Waals surface area contributed by atoms with Crippen LogP contribution < -0.4 is 5.32 Å². The number of anilines is 1. The van der Waals surface area contributed by atoms with Crippen molar-refractivity contribution in [3.63, 3.8) is 0 Å². The lowest BCUT2D eigenvalue weighted by Gasteiger charge is -2.01. The van der Waals surface area contributed by atoms with E-state index in [0.29, 0.717) is 16.3 Å². The first-order chi connectivity index (χ1) is 13.3. The van der Waals surface area contributed by atoms with Crippen LogP contribution >= 0.6 is 34.5 Å². The number of nitrogens with zero attached hydrogens (tertiary/aromatic N) is 3. The zero-order valence-corrected chi connectivity index (χ0v) is 16.1. The van der Waals surface area contributed by atoms with Gasteiger partial charge in [-0.05, 0) is 42.0 Å². The molecule has 0 saturated heterocycles. The lowest BCUT2D eigenvalue weighted by molar-refractivity contribution is -0.385. The van der Waals surface area contributed by atoms with Crippen LogP contribution in [0, 0.1) is 10.1 Å². The van der Waals surface area contributed by atoms with E-state index in [4.69, 9.17) is 23.2 Å². The number of nitro groups is 1. The second-order valence-corrected chi connectivity index (χ2v) is 7.19. The summed E-state index contributed by atoms with van der Waals surface area (Å²) in [7, 11) is 0. The molecule has 2 N–H and O–H groups in total. The first-order valence-corrected chi connectivity index (χ1v) is 9.16. The van der Waals surface area contributed by atoms with Crippen LogP contribution in [0.2, 0.25) is 5.02 Å². The lowest BCUT2D eigenvalue weighted by atomic mass is 10.2. The molecule has 3 aromatic rings. The summed E-state index contributed by atoms with van der Waals surface area (Å²) in [5, 5.41) is 31.8. The Morgan fingerprint density at radius 1 is 1.18 bits per heavy atom. The van der Waals surface area contributed by atoms with Crippen molar-refractivity contribution in [3.8, 4) is 5.75 Å². The minimum atomic E-state index is -0.704. The van der Waals surface area contributed by atoms with Gasteiger partial charge in [0.2, 0.25) is 5.01 Å². The summed E-state index contributed by atoms with van der Waals surface area (Å²) in [6.45, 7) is 0. The predicted molar refractivity (Wildman–Crippen MR) is 108 cm³/mol. The van der Waals surface area contributed by atoms with Gasteiger partial charge in [0.15, 0.2) is 10.8 Å². The summed E-state index contributed by atoms with van der Waals surface area (Å²) in [6.07, 6.45) is 1.43. The number of nitro benzene ring substituents is 1. The molecule has 0 spiro atoms. The molecule has 1 heterocycles. The highest BCUT2D eigenvalue weighted by Gasteiger charge is 2.16. The number of benzene rings is 2. The van der Waals surface area contributed by atoms with Crippen LogP contribution in [-0.4, -0.2) is 26.1 Å². The van der Waals surface area contributed by atoms with Crippen molar-refractivity contribution in [1.82, 2.24) is 10.2 Å². The molecule has 0 fully saturated rings. The number of hydrogen-bond donors (Lipinski definition) is 2. The number of aromatic nitrogens is 2. The third-order valence-electron chi connectivity index (χ3n) is 3.42. The summed E-state index contributed by atoms with van der Waals surface area (Å²) in [6, 6.07) is 10.4. The molecule has 0 aliphatic carbocycles. The number of phenols is 1.